The van der Waals surface area contributed by atoms with Crippen LogP contribution in [0, 0.1) is 0 Å². The molecule has 0 spiro atoms. The summed E-state index contributed by atoms with van der Waals surface area (Å²) in [5, 5.41) is 0. The fourth-order valence-electron chi connectivity index (χ4n) is 1.73. The Labute approximate surface area is 108 Å². The summed E-state index contributed by atoms with van der Waals surface area (Å²) in [6.07, 6.45) is 2.85. The van der Waals surface area contributed by atoms with E-state index < -0.39 is 0 Å². The van der Waals surface area contributed by atoms with Crippen LogP contribution >= 0.6 is 0 Å². The maximum Gasteiger partial charge on any atom is 0.119 e. The molecule has 2 rings (SSSR count). The summed E-state index contributed by atoms with van der Waals surface area (Å²) in [5.74, 6) is 0.902. The second kappa shape index (κ2) is 6.60. The number of nitrogens with zero attached hydrogens (tertiary/aromatic N) is 1. The van der Waals surface area contributed by atoms with Gasteiger partial charge in [0.15, 0.2) is 0 Å². The minimum Gasteiger partial charge on any atom is -0.497 e. The smallest absolute Gasteiger partial charge is 0.119 e. The van der Waals surface area contributed by atoms with Gasteiger partial charge >= 0.3 is 0 Å². The van der Waals surface area contributed by atoms with E-state index >= 15 is 0 Å². The molecule has 0 fully saturated rings. The van der Waals surface area contributed by atoms with Crippen LogP contribution in [0.5, 0.6) is 5.75 Å². The summed E-state index contributed by atoms with van der Waals surface area (Å²) in [7, 11) is 1.69. The summed E-state index contributed by atoms with van der Waals surface area (Å²) in [5.41, 5.74) is 2.39. The van der Waals surface area contributed by atoms with Crippen LogP contribution in [-0.2, 0) is 6.42 Å². The molecule has 0 unspecified atom stereocenters. The van der Waals surface area contributed by atoms with Crippen molar-refractivity contribution in [2.45, 2.75) is 6.42 Å². The molecule has 2 heteroatoms. The Morgan fingerprint density at radius 3 is 2.67 bits per heavy atom. The Morgan fingerprint density at radius 2 is 1.89 bits per heavy atom. The summed E-state index contributed by atoms with van der Waals surface area (Å²) in [6.45, 7) is 0.794. The van der Waals surface area contributed by atoms with E-state index in [0.29, 0.717) is 0 Å². The quantitative estimate of drug-likeness (QED) is 0.733. The summed E-state index contributed by atoms with van der Waals surface area (Å²) in [4.78, 5) is 4.43. The van der Waals surface area contributed by atoms with Crippen LogP contribution in [0.3, 0.4) is 0 Å². The summed E-state index contributed by atoms with van der Waals surface area (Å²) >= 11 is 0. The molecule has 0 aliphatic rings. The molecule has 0 aliphatic carbocycles. The molecule has 0 bridgehead atoms. The average molecular weight is 239 g/mol. The Kier molecular flexibility index (Phi) is 4.53. The number of rotatable bonds is 5. The van der Waals surface area contributed by atoms with E-state index in [1.54, 1.807) is 7.11 Å². The molecule has 2 nitrogen and oxygen atoms in total. The van der Waals surface area contributed by atoms with Gasteiger partial charge in [0.1, 0.15) is 5.75 Å². The van der Waals surface area contributed by atoms with Gasteiger partial charge in [-0.2, -0.15) is 0 Å². The second-order valence-corrected chi connectivity index (χ2v) is 4.05. The van der Waals surface area contributed by atoms with Gasteiger partial charge in [-0.25, -0.2) is 0 Å². The number of benzene rings is 2. The number of hydrogen-bond acceptors (Lipinski definition) is 2. The highest BCUT2D eigenvalue weighted by atomic mass is 16.5. The minimum absolute atomic E-state index is 0.794. The molecule has 0 N–H and O–H groups in total. The summed E-state index contributed by atoms with van der Waals surface area (Å²) in [6, 6.07) is 18.3. The van der Waals surface area contributed by atoms with Crippen molar-refractivity contribution in [2.75, 3.05) is 13.7 Å². The van der Waals surface area contributed by atoms with Crippen LogP contribution in [0.25, 0.3) is 0 Å². The van der Waals surface area contributed by atoms with Crippen molar-refractivity contribution in [3.8, 4) is 5.75 Å². The molecule has 0 atom stereocenters. The van der Waals surface area contributed by atoms with Crippen LogP contribution < -0.4 is 4.74 Å². The van der Waals surface area contributed by atoms with Gasteiger partial charge in [0.2, 0.25) is 0 Å². The van der Waals surface area contributed by atoms with Gasteiger partial charge < -0.3 is 4.74 Å². The van der Waals surface area contributed by atoms with E-state index in [-0.39, 0.29) is 0 Å². The zero-order valence-corrected chi connectivity index (χ0v) is 10.5. The van der Waals surface area contributed by atoms with E-state index in [1.807, 2.05) is 36.5 Å². The lowest BCUT2D eigenvalue weighted by molar-refractivity contribution is 0.414. The number of hydrogen-bond donors (Lipinski definition) is 0. The van der Waals surface area contributed by atoms with Crippen LogP contribution in [0.2, 0.25) is 0 Å². The molecule has 0 aromatic heterocycles. The third-order valence-corrected chi connectivity index (χ3v) is 2.70. The molecule has 2 aromatic carbocycles. The van der Waals surface area contributed by atoms with Gasteiger partial charge in [-0.15, -0.1) is 0 Å². The van der Waals surface area contributed by atoms with Crippen molar-refractivity contribution >= 4 is 6.21 Å². The van der Waals surface area contributed by atoms with E-state index in [0.717, 1.165) is 24.3 Å². The molecular weight excluding hydrogens is 222 g/mol. The van der Waals surface area contributed by atoms with Crippen molar-refractivity contribution in [1.82, 2.24) is 0 Å². The van der Waals surface area contributed by atoms with Gasteiger partial charge in [0.25, 0.3) is 0 Å². The first-order valence-electron chi connectivity index (χ1n) is 6.06. The van der Waals surface area contributed by atoms with Crippen molar-refractivity contribution in [2.24, 2.45) is 4.99 Å². The number of methoxy groups -OCH3 is 1. The SMILES string of the molecule is COc1cccc(CC/N=C/c2ccccc2)c1. The second-order valence-electron chi connectivity index (χ2n) is 4.05. The van der Waals surface area contributed by atoms with Gasteiger partial charge in [0.05, 0.1) is 7.11 Å². The highest BCUT2D eigenvalue weighted by molar-refractivity contribution is 5.79. The van der Waals surface area contributed by atoms with E-state index in [9.17, 15) is 0 Å². The molecule has 0 saturated carbocycles. The fraction of sp³-hybridized carbons (Fsp3) is 0.188. The largest absolute Gasteiger partial charge is 0.497 e. The highest BCUT2D eigenvalue weighted by Gasteiger charge is 1.94. The van der Waals surface area contributed by atoms with Crippen molar-refractivity contribution in [3.63, 3.8) is 0 Å². The highest BCUT2D eigenvalue weighted by Crippen LogP contribution is 2.12. The molecule has 0 radical (unpaired) electrons. The molecule has 92 valence electrons. The Bertz CT molecular complexity index is 506. The zero-order valence-electron chi connectivity index (χ0n) is 10.5. The Morgan fingerprint density at radius 1 is 1.06 bits per heavy atom. The van der Waals surface area contributed by atoms with Crippen molar-refractivity contribution in [3.05, 3.63) is 65.7 Å². The lowest BCUT2D eigenvalue weighted by atomic mass is 10.1. The lowest BCUT2D eigenvalue weighted by Crippen LogP contribution is -1.92. The third kappa shape index (κ3) is 3.74. The summed E-state index contributed by atoms with van der Waals surface area (Å²) < 4.78 is 5.19. The molecule has 0 saturated heterocycles. The zero-order chi connectivity index (χ0) is 12.6. The van der Waals surface area contributed by atoms with E-state index in [1.165, 1.54) is 5.56 Å². The van der Waals surface area contributed by atoms with E-state index in [2.05, 4.69) is 29.3 Å². The monoisotopic (exact) mass is 239 g/mol. The van der Waals surface area contributed by atoms with Crippen LogP contribution in [-0.4, -0.2) is 19.9 Å². The molecular formula is C16H17NO. The standard InChI is InChI=1S/C16H17NO/c1-18-16-9-5-8-14(12-16)10-11-17-13-15-6-3-2-4-7-15/h2-9,12-13H,10-11H2,1H3/b17-13+. The topological polar surface area (TPSA) is 21.6 Å². The minimum atomic E-state index is 0.794. The van der Waals surface area contributed by atoms with E-state index in [4.69, 9.17) is 4.74 Å². The van der Waals surface area contributed by atoms with Gasteiger partial charge in [-0.05, 0) is 29.7 Å². The molecule has 2 aromatic rings. The normalized spacial score (nSPS) is 10.7. The first-order valence-corrected chi connectivity index (χ1v) is 6.06. The Hall–Kier alpha value is -2.09. The van der Waals surface area contributed by atoms with Crippen LogP contribution in [0.4, 0.5) is 0 Å². The van der Waals surface area contributed by atoms with Crippen molar-refractivity contribution < 1.29 is 4.74 Å². The van der Waals surface area contributed by atoms with Gasteiger partial charge in [-0.1, -0.05) is 42.5 Å². The third-order valence-electron chi connectivity index (χ3n) is 2.70. The van der Waals surface area contributed by atoms with Gasteiger partial charge in [-0.3, -0.25) is 4.99 Å². The predicted molar refractivity (Wildman–Crippen MR) is 75.6 cm³/mol. The lowest BCUT2D eigenvalue weighted by Gasteiger charge is -2.02. The first kappa shape index (κ1) is 12.4. The van der Waals surface area contributed by atoms with Crippen LogP contribution in [0.1, 0.15) is 11.1 Å². The fourth-order valence-corrected chi connectivity index (χ4v) is 1.73. The molecule has 0 heterocycles. The first-order chi connectivity index (χ1) is 8.88. The number of ether oxygens (including phenoxy) is 1. The number of aliphatic imine (C=N–C) groups is 1. The van der Waals surface area contributed by atoms with Crippen LogP contribution in [0.15, 0.2) is 59.6 Å². The molecule has 0 aliphatic heterocycles. The maximum absolute atomic E-state index is 5.19. The maximum atomic E-state index is 5.19. The Balaban J connectivity index is 1.86. The molecule has 18 heavy (non-hydrogen) atoms. The van der Waals surface area contributed by atoms with Gasteiger partial charge in [0, 0.05) is 12.8 Å². The molecule has 0 amide bonds. The van der Waals surface area contributed by atoms with Crippen molar-refractivity contribution in [1.29, 1.82) is 0 Å². The average Bonchev–Trinajstić information content (AvgIpc) is 2.45. The predicted octanol–water partition coefficient (Wildman–Crippen LogP) is 3.36.